The van der Waals surface area contributed by atoms with Gasteiger partial charge in [0.15, 0.2) is 5.11 Å². The Hall–Kier alpha value is -0.350. The zero-order valence-corrected chi connectivity index (χ0v) is 8.65. The van der Waals surface area contributed by atoms with Gasteiger partial charge in [-0.05, 0) is 49.7 Å². The second kappa shape index (κ2) is 3.80. The Morgan fingerprint density at radius 3 is 2.00 bits per heavy atom. The van der Waals surface area contributed by atoms with Crippen molar-refractivity contribution in [2.24, 2.45) is 17.7 Å². The Labute approximate surface area is 84.6 Å². The Morgan fingerprint density at radius 1 is 1.15 bits per heavy atom. The minimum absolute atomic E-state index is 0.721. The highest BCUT2D eigenvalue weighted by Crippen LogP contribution is 2.33. The maximum Gasteiger partial charge on any atom is 0.183 e. The summed E-state index contributed by atoms with van der Waals surface area (Å²) in [6.45, 7) is 2.22. The van der Waals surface area contributed by atoms with Crippen molar-refractivity contribution in [2.75, 3.05) is 13.1 Å². The summed E-state index contributed by atoms with van der Waals surface area (Å²) in [6.07, 6.45) is 5.53. The van der Waals surface area contributed by atoms with E-state index in [4.69, 9.17) is 18.1 Å². The first-order valence-electron chi connectivity index (χ1n) is 5.05. The second-order valence-corrected chi connectivity index (χ2v) is 4.63. The van der Waals surface area contributed by atoms with Gasteiger partial charge < -0.3 is 10.3 Å². The van der Waals surface area contributed by atoms with Gasteiger partial charge in [0, 0.05) is 13.1 Å². The second-order valence-electron chi connectivity index (χ2n) is 4.24. The van der Waals surface area contributed by atoms with Crippen molar-refractivity contribution >= 4 is 17.3 Å². The third-order valence-electron chi connectivity index (χ3n) is 3.33. The van der Waals surface area contributed by atoms with Crippen LogP contribution in [0.1, 0.15) is 25.7 Å². The molecular weight excluding hydrogens is 182 g/mol. The van der Waals surface area contributed by atoms with Crippen LogP contribution in [-0.4, -0.2) is 23.1 Å². The number of fused-ring (bicyclic) bond motifs is 4. The van der Waals surface area contributed by atoms with Crippen LogP contribution in [0.4, 0.5) is 0 Å². The molecule has 3 aliphatic rings. The van der Waals surface area contributed by atoms with Crippen molar-refractivity contribution in [1.29, 1.82) is 0 Å². The average Bonchev–Trinajstić information content (AvgIpc) is 2.49. The van der Waals surface area contributed by atoms with E-state index >= 15 is 0 Å². The lowest BCUT2D eigenvalue weighted by atomic mass is 9.84. The Kier molecular flexibility index (Phi) is 2.69. The predicted molar refractivity (Wildman–Crippen MR) is 56.9 cm³/mol. The van der Waals surface area contributed by atoms with Gasteiger partial charge in [0.2, 0.25) is 0 Å². The number of nitrogens with one attached hydrogen (secondary N) is 1. The molecule has 3 rings (SSSR count). The minimum Gasteiger partial charge on any atom is -0.348 e. The van der Waals surface area contributed by atoms with E-state index < -0.39 is 0 Å². The highest BCUT2D eigenvalue weighted by Gasteiger charge is 2.29. The first kappa shape index (κ1) is 9.21. The van der Waals surface area contributed by atoms with E-state index in [-0.39, 0.29) is 0 Å². The number of hydrazine groups is 1. The van der Waals surface area contributed by atoms with Crippen LogP contribution in [0.3, 0.4) is 0 Å². The molecule has 1 aliphatic carbocycles. The van der Waals surface area contributed by atoms with Crippen molar-refractivity contribution < 1.29 is 0 Å². The third kappa shape index (κ3) is 1.94. The van der Waals surface area contributed by atoms with Crippen molar-refractivity contribution in [2.45, 2.75) is 25.7 Å². The van der Waals surface area contributed by atoms with Gasteiger partial charge in [-0.25, -0.2) is 5.84 Å². The van der Waals surface area contributed by atoms with Crippen molar-refractivity contribution in [3.8, 4) is 0 Å². The molecule has 0 amide bonds. The van der Waals surface area contributed by atoms with E-state index in [1.807, 2.05) is 0 Å². The lowest BCUT2D eigenvalue weighted by molar-refractivity contribution is 0.326. The summed E-state index contributed by atoms with van der Waals surface area (Å²) in [5, 5.41) is 0.721. The molecule has 1 saturated carbocycles. The third-order valence-corrected chi connectivity index (χ3v) is 3.71. The number of hydrogen-bond acceptors (Lipinski definition) is 2. The summed E-state index contributed by atoms with van der Waals surface area (Å²) in [4.78, 5) is 2.24. The van der Waals surface area contributed by atoms with Crippen LogP contribution in [0, 0.1) is 11.8 Å². The fraction of sp³-hybridized carbons (Fsp3) is 0.889. The van der Waals surface area contributed by atoms with Crippen LogP contribution >= 0.6 is 12.2 Å². The molecule has 0 spiro atoms. The summed E-state index contributed by atoms with van der Waals surface area (Å²) in [6, 6.07) is 0. The Balaban J connectivity index is 2.03. The van der Waals surface area contributed by atoms with Crippen LogP contribution in [0.15, 0.2) is 0 Å². The molecule has 2 bridgehead atoms. The molecule has 2 aliphatic heterocycles. The average molecular weight is 199 g/mol. The molecule has 0 atom stereocenters. The van der Waals surface area contributed by atoms with E-state index in [9.17, 15) is 0 Å². The van der Waals surface area contributed by atoms with E-state index in [1.54, 1.807) is 0 Å². The van der Waals surface area contributed by atoms with Crippen molar-refractivity contribution in [3.05, 3.63) is 0 Å². The molecule has 0 unspecified atom stereocenters. The Morgan fingerprint density at radius 2 is 1.62 bits per heavy atom. The molecule has 0 aromatic carbocycles. The molecule has 0 radical (unpaired) electrons. The highest BCUT2D eigenvalue weighted by molar-refractivity contribution is 7.80. The minimum atomic E-state index is 0.721. The fourth-order valence-corrected chi connectivity index (χ4v) is 2.70. The SMILES string of the molecule is NNC(=S)N1CC2CCC(CC2)C1. The predicted octanol–water partition coefficient (Wildman–Crippen LogP) is 0.857. The molecule has 0 aromatic heterocycles. The van der Waals surface area contributed by atoms with Crippen LogP contribution in [-0.2, 0) is 0 Å². The van der Waals surface area contributed by atoms with E-state index in [2.05, 4.69) is 10.3 Å². The summed E-state index contributed by atoms with van der Waals surface area (Å²) < 4.78 is 0. The lowest BCUT2D eigenvalue weighted by Crippen LogP contribution is -2.45. The molecule has 74 valence electrons. The normalized spacial score (nSPS) is 32.8. The van der Waals surface area contributed by atoms with Gasteiger partial charge in [-0.1, -0.05) is 0 Å². The Bertz CT molecular complexity index is 185. The maximum atomic E-state index is 5.33. The van der Waals surface area contributed by atoms with Gasteiger partial charge in [0.25, 0.3) is 0 Å². The van der Waals surface area contributed by atoms with Gasteiger partial charge in [-0.3, -0.25) is 0 Å². The largest absolute Gasteiger partial charge is 0.348 e. The van der Waals surface area contributed by atoms with E-state index in [1.165, 1.54) is 25.7 Å². The van der Waals surface area contributed by atoms with Crippen LogP contribution in [0.2, 0.25) is 0 Å². The van der Waals surface area contributed by atoms with E-state index in [0.29, 0.717) is 0 Å². The number of nitrogens with zero attached hydrogens (tertiary/aromatic N) is 1. The molecule has 2 heterocycles. The summed E-state index contributed by atoms with van der Waals surface area (Å²) in [5.41, 5.74) is 2.59. The summed E-state index contributed by atoms with van der Waals surface area (Å²) >= 11 is 5.16. The summed E-state index contributed by atoms with van der Waals surface area (Å²) in [5.74, 6) is 7.04. The first-order chi connectivity index (χ1) is 6.29. The topological polar surface area (TPSA) is 41.3 Å². The van der Waals surface area contributed by atoms with Gasteiger partial charge in [-0.2, -0.15) is 0 Å². The van der Waals surface area contributed by atoms with Crippen LogP contribution in [0.25, 0.3) is 0 Å². The zero-order chi connectivity index (χ0) is 9.26. The number of nitrogens with two attached hydrogens (primary N) is 1. The molecule has 3 fully saturated rings. The fourth-order valence-electron chi connectivity index (χ4n) is 2.55. The summed E-state index contributed by atoms with van der Waals surface area (Å²) in [7, 11) is 0. The molecule has 3 N–H and O–H groups in total. The molecular formula is C9H17N3S. The molecule has 3 nitrogen and oxygen atoms in total. The van der Waals surface area contributed by atoms with Gasteiger partial charge in [0.1, 0.15) is 0 Å². The zero-order valence-electron chi connectivity index (χ0n) is 7.83. The number of hydrogen-bond donors (Lipinski definition) is 2. The molecule has 13 heavy (non-hydrogen) atoms. The number of rotatable bonds is 0. The van der Waals surface area contributed by atoms with Gasteiger partial charge >= 0.3 is 0 Å². The monoisotopic (exact) mass is 199 g/mol. The quantitative estimate of drug-likeness (QED) is 0.345. The number of thiocarbonyl (C=S) groups is 1. The standard InChI is InChI=1S/C9H17N3S/c10-11-9(13)12-5-7-1-2-8(6-12)4-3-7/h7-8H,1-6,10H2,(H,11,13). The first-order valence-corrected chi connectivity index (χ1v) is 5.46. The van der Waals surface area contributed by atoms with Gasteiger partial charge in [-0.15, -0.1) is 0 Å². The smallest absolute Gasteiger partial charge is 0.183 e. The van der Waals surface area contributed by atoms with Gasteiger partial charge in [0.05, 0.1) is 0 Å². The van der Waals surface area contributed by atoms with Crippen molar-refractivity contribution in [1.82, 2.24) is 10.3 Å². The van der Waals surface area contributed by atoms with Crippen molar-refractivity contribution in [3.63, 3.8) is 0 Å². The highest BCUT2D eigenvalue weighted by atomic mass is 32.1. The van der Waals surface area contributed by atoms with Crippen LogP contribution in [0.5, 0.6) is 0 Å². The van der Waals surface area contributed by atoms with E-state index in [0.717, 1.165) is 30.0 Å². The maximum absolute atomic E-state index is 5.33. The lowest BCUT2D eigenvalue weighted by Gasteiger charge is -2.24. The molecule has 0 aromatic rings. The van der Waals surface area contributed by atoms with Crippen LogP contribution < -0.4 is 11.3 Å². The molecule has 2 saturated heterocycles. The molecule has 4 heteroatoms.